The van der Waals surface area contributed by atoms with E-state index in [1.807, 2.05) is 0 Å². The summed E-state index contributed by atoms with van der Waals surface area (Å²) in [5, 5.41) is 11.5. The van der Waals surface area contributed by atoms with Gasteiger partial charge in [-0.05, 0) is 43.4 Å². The summed E-state index contributed by atoms with van der Waals surface area (Å²) in [7, 11) is 0. The Morgan fingerprint density at radius 1 is 1.33 bits per heavy atom. The summed E-state index contributed by atoms with van der Waals surface area (Å²) < 4.78 is 0. The van der Waals surface area contributed by atoms with Gasteiger partial charge in [-0.2, -0.15) is 0 Å². The number of nitrogens with two attached hydrogens (primary N) is 1. The lowest BCUT2D eigenvalue weighted by Gasteiger charge is -2.19. The van der Waals surface area contributed by atoms with Gasteiger partial charge in [-0.3, -0.25) is 4.79 Å². The van der Waals surface area contributed by atoms with Crippen molar-refractivity contribution in [3.05, 3.63) is 24.0 Å². The van der Waals surface area contributed by atoms with Crippen LogP contribution in [0.2, 0.25) is 0 Å². The van der Waals surface area contributed by atoms with Crippen LogP contribution in [0.3, 0.4) is 0 Å². The molecule has 6 heteroatoms. The zero-order chi connectivity index (χ0) is 15.8. The van der Waals surface area contributed by atoms with Gasteiger partial charge >= 0.3 is 5.97 Å². The topological polar surface area (TPSA) is 105 Å². The summed E-state index contributed by atoms with van der Waals surface area (Å²) in [4.78, 5) is 26.3. The number of aromatic carboxylic acids is 1. The molecule has 0 bridgehead atoms. The molecule has 0 radical (unpaired) electrons. The number of aromatic nitrogens is 1. The van der Waals surface area contributed by atoms with E-state index in [0.29, 0.717) is 30.5 Å². The van der Waals surface area contributed by atoms with Crippen molar-refractivity contribution in [3.63, 3.8) is 0 Å². The molecule has 4 N–H and O–H groups in total. The van der Waals surface area contributed by atoms with Gasteiger partial charge in [0.1, 0.15) is 5.69 Å². The van der Waals surface area contributed by atoms with Crippen LogP contribution in [0, 0.1) is 11.8 Å². The highest BCUT2D eigenvalue weighted by molar-refractivity contribution is 5.91. The number of rotatable bonds is 8. The fourth-order valence-electron chi connectivity index (χ4n) is 2.16. The van der Waals surface area contributed by atoms with E-state index >= 15 is 0 Å². The van der Waals surface area contributed by atoms with Crippen LogP contribution in [0.25, 0.3) is 0 Å². The molecule has 0 spiro atoms. The van der Waals surface area contributed by atoms with E-state index in [1.54, 1.807) is 0 Å². The Balaban J connectivity index is 2.47. The normalized spacial score (nSPS) is 12.2. The van der Waals surface area contributed by atoms with E-state index < -0.39 is 5.97 Å². The SMILES string of the molecule is CC(C)C(CCN)CCC(=O)Nc1ccc(C(=O)O)nc1. The number of nitrogens with zero attached hydrogens (tertiary/aromatic N) is 1. The van der Waals surface area contributed by atoms with Crippen LogP contribution in [0.1, 0.15) is 43.6 Å². The van der Waals surface area contributed by atoms with Gasteiger partial charge in [-0.25, -0.2) is 9.78 Å². The number of carbonyl (C=O) groups is 2. The molecule has 0 aliphatic heterocycles. The zero-order valence-corrected chi connectivity index (χ0v) is 12.5. The molecule has 0 saturated carbocycles. The molecule has 21 heavy (non-hydrogen) atoms. The first-order valence-electron chi connectivity index (χ1n) is 7.13. The molecule has 1 aromatic heterocycles. The quantitative estimate of drug-likeness (QED) is 0.681. The monoisotopic (exact) mass is 293 g/mol. The number of anilines is 1. The standard InChI is InChI=1S/C15H23N3O3/c1-10(2)11(7-8-16)3-6-14(19)18-12-4-5-13(15(20)21)17-9-12/h4-5,9-11H,3,6-8,16H2,1-2H3,(H,18,19)(H,20,21). The van der Waals surface area contributed by atoms with Crippen molar-refractivity contribution in [2.45, 2.75) is 33.1 Å². The number of carboxylic acids is 1. The average Bonchev–Trinajstić information content (AvgIpc) is 2.43. The minimum absolute atomic E-state index is 0.0455. The number of hydrogen-bond donors (Lipinski definition) is 3. The van der Waals surface area contributed by atoms with E-state index in [0.717, 1.165) is 12.8 Å². The first-order chi connectivity index (χ1) is 9.93. The van der Waals surface area contributed by atoms with Crippen molar-refractivity contribution in [1.82, 2.24) is 4.98 Å². The highest BCUT2D eigenvalue weighted by atomic mass is 16.4. The zero-order valence-electron chi connectivity index (χ0n) is 12.5. The van der Waals surface area contributed by atoms with Crippen LogP contribution in [-0.4, -0.2) is 28.5 Å². The Labute approximate surface area is 124 Å². The number of amides is 1. The average molecular weight is 293 g/mol. The Morgan fingerprint density at radius 2 is 2.05 bits per heavy atom. The minimum Gasteiger partial charge on any atom is -0.477 e. The predicted molar refractivity (Wildman–Crippen MR) is 81.1 cm³/mol. The van der Waals surface area contributed by atoms with Gasteiger partial charge in [-0.1, -0.05) is 13.8 Å². The Hall–Kier alpha value is -1.95. The summed E-state index contributed by atoms with van der Waals surface area (Å²) in [6.45, 7) is 4.89. The molecule has 0 aliphatic carbocycles. The maximum atomic E-state index is 11.9. The van der Waals surface area contributed by atoms with Crippen LogP contribution in [-0.2, 0) is 4.79 Å². The summed E-state index contributed by atoms with van der Waals surface area (Å²) in [6.07, 6.45) is 3.48. The maximum Gasteiger partial charge on any atom is 0.354 e. The second-order valence-electron chi connectivity index (χ2n) is 5.41. The molecule has 1 heterocycles. The van der Waals surface area contributed by atoms with Gasteiger partial charge < -0.3 is 16.2 Å². The summed E-state index contributed by atoms with van der Waals surface area (Å²) in [6, 6.07) is 2.90. The first kappa shape index (κ1) is 17.1. The van der Waals surface area contributed by atoms with Crippen LogP contribution < -0.4 is 11.1 Å². The highest BCUT2D eigenvalue weighted by Crippen LogP contribution is 2.20. The molecule has 116 valence electrons. The number of carbonyl (C=O) groups excluding carboxylic acids is 1. The van der Waals surface area contributed by atoms with Crippen molar-refractivity contribution in [2.75, 3.05) is 11.9 Å². The molecule has 0 aromatic carbocycles. The van der Waals surface area contributed by atoms with Crippen molar-refractivity contribution in [1.29, 1.82) is 0 Å². The first-order valence-corrected chi connectivity index (χ1v) is 7.13. The van der Waals surface area contributed by atoms with Crippen LogP contribution in [0.15, 0.2) is 18.3 Å². The Morgan fingerprint density at radius 3 is 2.52 bits per heavy atom. The van der Waals surface area contributed by atoms with Crippen molar-refractivity contribution < 1.29 is 14.7 Å². The molecule has 0 aliphatic rings. The summed E-state index contributed by atoms with van der Waals surface area (Å²) >= 11 is 0. The highest BCUT2D eigenvalue weighted by Gasteiger charge is 2.14. The van der Waals surface area contributed by atoms with Gasteiger partial charge in [0.05, 0.1) is 11.9 Å². The van der Waals surface area contributed by atoms with Gasteiger partial charge in [0.25, 0.3) is 0 Å². The lowest BCUT2D eigenvalue weighted by atomic mass is 9.88. The van der Waals surface area contributed by atoms with Gasteiger partial charge in [0.15, 0.2) is 0 Å². The number of carboxylic acid groups (broad SMARTS) is 1. The molecule has 1 atom stereocenters. The summed E-state index contributed by atoms with van der Waals surface area (Å²) in [5.74, 6) is -0.247. The Bertz CT molecular complexity index is 472. The third-order valence-electron chi connectivity index (χ3n) is 3.49. The molecule has 0 fully saturated rings. The third kappa shape index (κ3) is 5.91. The molecule has 1 amide bonds. The molecular formula is C15H23N3O3. The fourth-order valence-corrected chi connectivity index (χ4v) is 2.16. The third-order valence-corrected chi connectivity index (χ3v) is 3.49. The van der Waals surface area contributed by atoms with E-state index in [-0.39, 0.29) is 11.6 Å². The number of pyridine rings is 1. The van der Waals surface area contributed by atoms with Crippen LogP contribution in [0.4, 0.5) is 5.69 Å². The van der Waals surface area contributed by atoms with Gasteiger partial charge in [0.2, 0.25) is 5.91 Å². The fraction of sp³-hybridized carbons (Fsp3) is 0.533. The smallest absolute Gasteiger partial charge is 0.354 e. The molecular weight excluding hydrogens is 270 g/mol. The molecule has 1 aromatic rings. The van der Waals surface area contributed by atoms with E-state index in [2.05, 4.69) is 24.1 Å². The summed E-state index contributed by atoms with van der Waals surface area (Å²) in [5.41, 5.74) is 6.04. The minimum atomic E-state index is -1.09. The lowest BCUT2D eigenvalue weighted by Crippen LogP contribution is -2.18. The van der Waals surface area contributed by atoms with Gasteiger partial charge in [0, 0.05) is 6.42 Å². The van der Waals surface area contributed by atoms with Crippen molar-refractivity contribution in [2.24, 2.45) is 17.6 Å². The lowest BCUT2D eigenvalue weighted by molar-refractivity contribution is -0.116. The second-order valence-corrected chi connectivity index (χ2v) is 5.41. The largest absolute Gasteiger partial charge is 0.477 e. The van der Waals surface area contributed by atoms with E-state index in [9.17, 15) is 9.59 Å². The van der Waals surface area contributed by atoms with Gasteiger partial charge in [-0.15, -0.1) is 0 Å². The molecule has 6 nitrogen and oxygen atoms in total. The molecule has 0 saturated heterocycles. The van der Waals surface area contributed by atoms with Crippen molar-refractivity contribution in [3.8, 4) is 0 Å². The number of nitrogens with one attached hydrogen (secondary N) is 1. The van der Waals surface area contributed by atoms with Crippen LogP contribution >= 0.6 is 0 Å². The van der Waals surface area contributed by atoms with Crippen molar-refractivity contribution >= 4 is 17.6 Å². The number of hydrogen-bond acceptors (Lipinski definition) is 4. The van der Waals surface area contributed by atoms with E-state index in [1.165, 1.54) is 18.3 Å². The molecule has 1 unspecified atom stereocenters. The predicted octanol–water partition coefficient (Wildman–Crippen LogP) is 2.12. The van der Waals surface area contributed by atoms with E-state index in [4.69, 9.17) is 10.8 Å². The molecule has 1 rings (SSSR count). The second kappa shape index (κ2) is 8.36. The van der Waals surface area contributed by atoms with Crippen LogP contribution in [0.5, 0.6) is 0 Å². The Kier molecular flexibility index (Phi) is 6.81. The maximum absolute atomic E-state index is 11.9.